The van der Waals surface area contributed by atoms with Crippen molar-refractivity contribution in [3.8, 4) is 0 Å². The van der Waals surface area contributed by atoms with E-state index >= 15 is 0 Å². The van der Waals surface area contributed by atoms with Gasteiger partial charge in [0.05, 0.1) is 5.69 Å². The summed E-state index contributed by atoms with van der Waals surface area (Å²) in [6.07, 6.45) is 31.8. The van der Waals surface area contributed by atoms with Crippen LogP contribution in [0.25, 0.3) is 0 Å². The molecule has 0 radical (unpaired) electrons. The summed E-state index contributed by atoms with van der Waals surface area (Å²) in [6, 6.07) is 11.9. The van der Waals surface area contributed by atoms with Gasteiger partial charge in [0.25, 0.3) is 0 Å². The first-order valence-electron chi connectivity index (χ1n) is 19.6. The van der Waals surface area contributed by atoms with Crippen molar-refractivity contribution in [3.63, 3.8) is 0 Å². The summed E-state index contributed by atoms with van der Waals surface area (Å²) in [7, 11) is 0. The molecule has 0 N–H and O–H groups in total. The van der Waals surface area contributed by atoms with Crippen molar-refractivity contribution in [2.24, 2.45) is 4.99 Å². The zero-order chi connectivity index (χ0) is 34.7. The molecule has 0 heterocycles. The van der Waals surface area contributed by atoms with E-state index in [1.165, 1.54) is 156 Å². The third kappa shape index (κ3) is 18.7. The molecule has 0 atom stereocenters. The van der Waals surface area contributed by atoms with Gasteiger partial charge in [0.15, 0.2) is 0 Å². The van der Waals surface area contributed by atoms with Gasteiger partial charge in [0.1, 0.15) is 0 Å². The molecule has 0 aliphatic heterocycles. The monoisotopic (exact) mass is 764 g/mol. The average Bonchev–Trinajstić information content (AvgIpc) is 3.09. The van der Waals surface area contributed by atoms with Crippen LogP contribution in [0, 0.1) is 13.5 Å². The van der Waals surface area contributed by atoms with E-state index < -0.39 is 0 Å². The van der Waals surface area contributed by atoms with Crippen LogP contribution in [0.4, 0.5) is 5.69 Å². The molecule has 277 valence electrons. The van der Waals surface area contributed by atoms with E-state index in [0.29, 0.717) is 0 Å². The number of unbranched alkanes of at least 4 members (excludes halogenated alkanes) is 12. The molecule has 0 bridgehead atoms. The minimum atomic E-state index is 0. The molecule has 0 fully saturated rings. The molecule has 1 nitrogen and oxygen atoms in total. The Morgan fingerprint density at radius 3 is 1.67 bits per heavy atom. The van der Waals surface area contributed by atoms with Crippen LogP contribution < -0.4 is 0 Å². The predicted molar refractivity (Wildman–Crippen MR) is 218 cm³/mol. The van der Waals surface area contributed by atoms with Crippen LogP contribution in [0.2, 0.25) is 0 Å². The maximum absolute atomic E-state index is 5.24. The minimum absolute atomic E-state index is 0. The number of rotatable bonds is 25. The quantitative estimate of drug-likeness (QED) is 0.0413. The molecule has 0 unspecified atom stereocenters. The van der Waals surface area contributed by atoms with Gasteiger partial charge in [-0.3, -0.25) is 0 Å². The van der Waals surface area contributed by atoms with Crippen molar-refractivity contribution in [3.05, 3.63) is 82.8 Å². The van der Waals surface area contributed by atoms with Crippen molar-refractivity contribution >= 4 is 25.6 Å². The van der Waals surface area contributed by atoms with E-state index in [1.54, 1.807) is 11.1 Å². The molecular formula is C45H73BrNNi-2. The topological polar surface area (TPSA) is 12.4 Å². The zero-order valence-electron chi connectivity index (χ0n) is 32.6. The molecule has 0 saturated carbocycles. The van der Waals surface area contributed by atoms with Gasteiger partial charge in [0.2, 0.25) is 0 Å². The Morgan fingerprint density at radius 1 is 0.583 bits per heavy atom. The first-order valence-corrected chi connectivity index (χ1v) is 22.0. The molecule has 0 aliphatic rings. The second-order valence-electron chi connectivity index (χ2n) is 13.5. The van der Waals surface area contributed by atoms with Gasteiger partial charge in [-0.15, -0.1) is 29.3 Å². The maximum atomic E-state index is 5.24. The van der Waals surface area contributed by atoms with Crippen LogP contribution in [0.5, 0.6) is 0 Å². The Hall–Kier alpha value is -1.18. The predicted octanol–water partition coefficient (Wildman–Crippen LogP) is 15.3. The summed E-state index contributed by atoms with van der Waals surface area (Å²) in [5.74, 6) is 0. The number of hydrogen-bond acceptors (Lipinski definition) is 1. The van der Waals surface area contributed by atoms with Crippen molar-refractivity contribution in [1.82, 2.24) is 0 Å². The van der Waals surface area contributed by atoms with Gasteiger partial charge in [-0.05, 0) is 86.8 Å². The van der Waals surface area contributed by atoms with Crippen LogP contribution in [-0.4, -0.2) is 5.71 Å². The van der Waals surface area contributed by atoms with Crippen molar-refractivity contribution in [2.75, 3.05) is 0 Å². The average molecular weight is 767 g/mol. The first kappa shape index (κ1) is 46.8. The van der Waals surface area contributed by atoms with E-state index in [2.05, 4.69) is 113 Å². The number of halogens is 1. The second-order valence-corrected chi connectivity index (χ2v) is 13.5. The summed E-state index contributed by atoms with van der Waals surface area (Å²) in [5, 5.41) is 0. The van der Waals surface area contributed by atoms with Crippen LogP contribution in [0.1, 0.15) is 191 Å². The van der Waals surface area contributed by atoms with Crippen molar-refractivity contribution < 1.29 is 13.7 Å². The first-order chi connectivity index (χ1) is 23.0. The van der Waals surface area contributed by atoms with Crippen LogP contribution in [0.3, 0.4) is 0 Å². The summed E-state index contributed by atoms with van der Waals surface area (Å²) in [5.41, 5.74) is 12.5. The fourth-order valence-corrected chi connectivity index (χ4v) is 6.69. The number of nitrogens with zero attached hydrogens (tertiary/aromatic N) is 1. The van der Waals surface area contributed by atoms with Gasteiger partial charge in [-0.2, -0.15) is 0 Å². The Bertz CT molecular complexity index is 1150. The molecule has 0 amide bonds. The molecule has 0 saturated heterocycles. The fourth-order valence-electron chi connectivity index (χ4n) is 6.69. The molecule has 0 spiro atoms. The zero-order valence-corrected chi connectivity index (χ0v) is 35.2. The van der Waals surface area contributed by atoms with Gasteiger partial charge < -0.3 is 12.4 Å². The molecule has 0 aliphatic carbocycles. The molecule has 48 heavy (non-hydrogen) atoms. The van der Waals surface area contributed by atoms with Gasteiger partial charge >= 0.3 is 27.9 Å². The number of hydrogen-bond donors (Lipinski definition) is 0. The van der Waals surface area contributed by atoms with E-state index in [-0.39, 0.29) is 7.43 Å². The van der Waals surface area contributed by atoms with Crippen LogP contribution in [0.15, 0.2) is 40.9 Å². The Labute approximate surface area is 315 Å². The molecule has 0 aromatic heterocycles. The summed E-state index contributed by atoms with van der Waals surface area (Å²) >= 11 is 6.25. The Morgan fingerprint density at radius 2 is 1.08 bits per heavy atom. The summed E-state index contributed by atoms with van der Waals surface area (Å²) in [6.45, 7) is 16.0. The summed E-state index contributed by atoms with van der Waals surface area (Å²) in [4.78, 5) is 5.24. The molecular weight excluding hydrogens is 693 g/mol. The summed E-state index contributed by atoms with van der Waals surface area (Å²) < 4.78 is 0. The number of benzene rings is 2. The molecule has 2 rings (SSSR count). The van der Waals surface area contributed by atoms with Crippen LogP contribution >= 0.6 is 14.2 Å². The van der Waals surface area contributed by atoms with Crippen LogP contribution in [-0.2, 0) is 45.8 Å². The Balaban J connectivity index is 0.00000722. The van der Waals surface area contributed by atoms with E-state index in [1.807, 2.05) is 0 Å². The normalized spacial score (nSPS) is 11.7. The van der Waals surface area contributed by atoms with E-state index in [0.717, 1.165) is 24.2 Å². The second kappa shape index (κ2) is 30.6. The van der Waals surface area contributed by atoms with Gasteiger partial charge in [-0.25, -0.2) is 0 Å². The third-order valence-electron chi connectivity index (χ3n) is 9.55. The van der Waals surface area contributed by atoms with Gasteiger partial charge in [0, 0.05) is 0 Å². The standard InChI is InChI=1S/C44H70N.CH3.BrH.Ni/c1-8-14-18-21-22-24-28-41-34-37(33-38(12-5)43(41)29-25-20-16-10-3)32-36(7)44(13-6)45-42-31-30-39(26-17-11-4)40(35-42)27-23-19-15-9-2;;;/h30-31,33-35H,8-29H2,1-7H3;1H3;1H;/q2*-1;;+1/p-1. The van der Waals surface area contributed by atoms with Crippen molar-refractivity contribution in [1.29, 1.82) is 0 Å². The molecule has 3 heteroatoms. The fraction of sp³-hybridized carbons (Fsp3) is 0.644. The Kier molecular flexibility index (Phi) is 29.9. The van der Waals surface area contributed by atoms with E-state index in [9.17, 15) is 0 Å². The molecule has 2 aromatic rings. The van der Waals surface area contributed by atoms with Gasteiger partial charge in [-0.1, -0.05) is 155 Å². The molecule has 2 aromatic carbocycles. The van der Waals surface area contributed by atoms with E-state index in [4.69, 9.17) is 4.99 Å². The number of aliphatic imine (C=N–C) groups is 1. The third-order valence-corrected chi connectivity index (χ3v) is 9.55. The van der Waals surface area contributed by atoms with Crippen molar-refractivity contribution in [2.45, 2.75) is 190 Å². The number of allylic oxidation sites excluding steroid dienone is 1. The number of aryl methyl sites for hydroxylation is 4. The SMILES string of the molecule is CCCCCCCCc1cc([C-]=C(C)C(CC)=Nc2ccc(CCCC)c(CCCCCC)c2)cc(CC)c1CCCCCC.[CH3-].[Ni][Br].